The summed E-state index contributed by atoms with van der Waals surface area (Å²) in [6.45, 7) is 0. The lowest BCUT2D eigenvalue weighted by Gasteiger charge is -2.13. The predicted molar refractivity (Wildman–Crippen MR) is 90.4 cm³/mol. The fraction of sp³-hybridized carbons (Fsp3) is 0.133. The van der Waals surface area contributed by atoms with Crippen molar-refractivity contribution in [3.8, 4) is 11.5 Å². The van der Waals surface area contributed by atoms with E-state index in [1.54, 1.807) is 0 Å². The minimum atomic E-state index is -4.37. The quantitative estimate of drug-likeness (QED) is 0.547. The Labute approximate surface area is 148 Å². The van der Waals surface area contributed by atoms with Crippen LogP contribution in [0.5, 0.6) is 11.5 Å². The number of rotatable bonds is 7. The lowest BCUT2D eigenvalue weighted by Crippen LogP contribution is -2.16. The zero-order valence-corrected chi connectivity index (χ0v) is 14.4. The van der Waals surface area contributed by atoms with Crippen LogP contribution in [0.1, 0.15) is 10.4 Å². The molecule has 0 fully saturated rings. The summed E-state index contributed by atoms with van der Waals surface area (Å²) in [7, 11) is -1.85. The second kappa shape index (κ2) is 7.27. The van der Waals surface area contributed by atoms with Crippen LogP contribution in [0.25, 0.3) is 0 Å². The topological polar surface area (TPSA) is 145 Å². The van der Waals surface area contributed by atoms with Crippen LogP contribution in [-0.4, -0.2) is 38.6 Å². The van der Waals surface area contributed by atoms with Gasteiger partial charge in [-0.05, 0) is 30.3 Å². The number of nitro benzene ring substituents is 1. The summed E-state index contributed by atoms with van der Waals surface area (Å²) in [5.74, 6) is -1.27. The Kier molecular flexibility index (Phi) is 5.31. The molecule has 0 aromatic heterocycles. The van der Waals surface area contributed by atoms with Crippen LogP contribution in [0.3, 0.4) is 0 Å². The molecule has 2 rings (SSSR count). The lowest BCUT2D eigenvalue weighted by atomic mass is 10.2. The standard InChI is InChI=1S/C15H14N2O8S/c1-24-10-4-5-11(12(8-10)17(20)21)16-26(22,23)14-7-9(15(18)19)3-6-13(14)25-2/h3-8,16H,1-2H3,(H,18,19). The average Bonchev–Trinajstić information content (AvgIpc) is 2.60. The van der Waals surface area contributed by atoms with E-state index >= 15 is 0 Å². The molecule has 138 valence electrons. The lowest BCUT2D eigenvalue weighted by molar-refractivity contribution is -0.384. The Morgan fingerprint density at radius 1 is 1.15 bits per heavy atom. The molecule has 10 nitrogen and oxygen atoms in total. The minimum absolute atomic E-state index is 0.112. The van der Waals surface area contributed by atoms with Gasteiger partial charge in [-0.1, -0.05) is 0 Å². The molecule has 0 saturated heterocycles. The number of methoxy groups -OCH3 is 2. The summed E-state index contributed by atoms with van der Waals surface area (Å²) in [5.41, 5.74) is -1.12. The number of carboxylic acid groups (broad SMARTS) is 1. The monoisotopic (exact) mass is 382 g/mol. The van der Waals surface area contributed by atoms with Crippen LogP contribution in [0, 0.1) is 10.1 Å². The Balaban J connectivity index is 2.55. The van der Waals surface area contributed by atoms with Crippen molar-refractivity contribution in [1.82, 2.24) is 0 Å². The number of hydrogen-bond acceptors (Lipinski definition) is 7. The summed E-state index contributed by atoms with van der Waals surface area (Å²) in [6.07, 6.45) is 0. The van der Waals surface area contributed by atoms with Crippen molar-refractivity contribution >= 4 is 27.4 Å². The van der Waals surface area contributed by atoms with E-state index in [0.717, 1.165) is 12.1 Å². The van der Waals surface area contributed by atoms with Gasteiger partial charge in [-0.25, -0.2) is 13.2 Å². The van der Waals surface area contributed by atoms with Gasteiger partial charge >= 0.3 is 5.97 Å². The molecule has 11 heteroatoms. The molecule has 0 unspecified atom stereocenters. The molecule has 0 radical (unpaired) electrons. The molecule has 0 aliphatic heterocycles. The number of benzene rings is 2. The zero-order chi connectivity index (χ0) is 19.5. The maximum absolute atomic E-state index is 12.6. The summed E-state index contributed by atoms with van der Waals surface area (Å²) in [6, 6.07) is 6.83. The van der Waals surface area contributed by atoms with Crippen molar-refractivity contribution in [3.63, 3.8) is 0 Å². The van der Waals surface area contributed by atoms with Crippen molar-refractivity contribution in [2.45, 2.75) is 4.90 Å². The van der Waals surface area contributed by atoms with Crippen LogP contribution in [0.4, 0.5) is 11.4 Å². The maximum atomic E-state index is 12.6. The highest BCUT2D eigenvalue weighted by atomic mass is 32.2. The normalized spacial score (nSPS) is 10.8. The van der Waals surface area contributed by atoms with Gasteiger partial charge in [0.25, 0.3) is 15.7 Å². The van der Waals surface area contributed by atoms with Gasteiger partial charge in [0, 0.05) is 0 Å². The number of sulfonamides is 1. The number of nitrogens with one attached hydrogen (secondary N) is 1. The molecular formula is C15H14N2O8S. The molecule has 0 amide bonds. The Morgan fingerprint density at radius 2 is 1.85 bits per heavy atom. The molecule has 0 atom stereocenters. The van der Waals surface area contributed by atoms with Gasteiger partial charge in [-0.3, -0.25) is 14.8 Å². The highest BCUT2D eigenvalue weighted by Crippen LogP contribution is 2.33. The minimum Gasteiger partial charge on any atom is -0.496 e. The number of anilines is 1. The maximum Gasteiger partial charge on any atom is 0.335 e. The van der Waals surface area contributed by atoms with Crippen molar-refractivity contribution in [3.05, 3.63) is 52.1 Å². The van der Waals surface area contributed by atoms with Gasteiger partial charge in [0.15, 0.2) is 0 Å². The number of ether oxygens (including phenoxy) is 2. The summed E-state index contributed by atoms with van der Waals surface area (Å²) in [5, 5.41) is 20.2. The van der Waals surface area contributed by atoms with Crippen molar-refractivity contribution in [2.24, 2.45) is 0 Å². The van der Waals surface area contributed by atoms with Crippen LogP contribution in [0.15, 0.2) is 41.3 Å². The van der Waals surface area contributed by atoms with E-state index in [9.17, 15) is 23.3 Å². The van der Waals surface area contributed by atoms with E-state index in [4.69, 9.17) is 14.6 Å². The average molecular weight is 382 g/mol. The van der Waals surface area contributed by atoms with Crippen LogP contribution < -0.4 is 14.2 Å². The predicted octanol–water partition coefficient (Wildman–Crippen LogP) is 2.11. The molecule has 0 saturated carbocycles. The molecule has 2 aromatic rings. The third kappa shape index (κ3) is 3.83. The first-order valence-electron chi connectivity index (χ1n) is 6.96. The van der Waals surface area contributed by atoms with Gasteiger partial charge in [0.2, 0.25) is 0 Å². The van der Waals surface area contributed by atoms with E-state index in [0.29, 0.717) is 0 Å². The smallest absolute Gasteiger partial charge is 0.335 e. The largest absolute Gasteiger partial charge is 0.496 e. The van der Waals surface area contributed by atoms with Gasteiger partial charge in [-0.2, -0.15) is 0 Å². The Bertz CT molecular complexity index is 972. The number of carboxylic acids is 1. The van der Waals surface area contributed by atoms with Crippen LogP contribution in [-0.2, 0) is 10.0 Å². The van der Waals surface area contributed by atoms with Gasteiger partial charge in [0.1, 0.15) is 22.1 Å². The Hall–Kier alpha value is -3.34. The zero-order valence-electron chi connectivity index (χ0n) is 13.6. The van der Waals surface area contributed by atoms with Crippen LogP contribution >= 0.6 is 0 Å². The van der Waals surface area contributed by atoms with Crippen molar-refractivity contribution in [2.75, 3.05) is 18.9 Å². The van der Waals surface area contributed by atoms with Gasteiger partial charge < -0.3 is 14.6 Å². The third-order valence-corrected chi connectivity index (χ3v) is 4.73. The molecule has 26 heavy (non-hydrogen) atoms. The first-order chi connectivity index (χ1) is 12.2. The summed E-state index contributed by atoms with van der Waals surface area (Å²) < 4.78 is 37.2. The van der Waals surface area contributed by atoms with E-state index in [1.807, 2.05) is 0 Å². The van der Waals surface area contributed by atoms with E-state index in [-0.39, 0.29) is 22.7 Å². The van der Waals surface area contributed by atoms with Gasteiger partial charge in [0.05, 0.1) is 30.8 Å². The number of nitro groups is 1. The molecule has 2 aromatic carbocycles. The fourth-order valence-corrected chi connectivity index (χ4v) is 3.37. The summed E-state index contributed by atoms with van der Waals surface area (Å²) >= 11 is 0. The van der Waals surface area contributed by atoms with Crippen molar-refractivity contribution < 1.29 is 32.7 Å². The number of nitrogens with zero attached hydrogens (tertiary/aromatic N) is 1. The van der Waals surface area contributed by atoms with E-state index < -0.39 is 31.5 Å². The van der Waals surface area contributed by atoms with Crippen molar-refractivity contribution in [1.29, 1.82) is 0 Å². The fourth-order valence-electron chi connectivity index (χ4n) is 2.10. The second-order valence-corrected chi connectivity index (χ2v) is 6.57. The molecule has 2 N–H and O–H groups in total. The third-order valence-electron chi connectivity index (χ3n) is 3.35. The Morgan fingerprint density at radius 3 is 2.38 bits per heavy atom. The van der Waals surface area contributed by atoms with Crippen LogP contribution in [0.2, 0.25) is 0 Å². The second-order valence-electron chi connectivity index (χ2n) is 4.92. The summed E-state index contributed by atoms with van der Waals surface area (Å²) in [4.78, 5) is 21.0. The molecule has 0 aliphatic carbocycles. The molecular weight excluding hydrogens is 368 g/mol. The highest BCUT2D eigenvalue weighted by Gasteiger charge is 2.25. The first kappa shape index (κ1) is 19.0. The van der Waals surface area contributed by atoms with E-state index in [2.05, 4.69) is 4.72 Å². The number of carbonyl (C=O) groups is 1. The molecule has 0 bridgehead atoms. The molecule has 0 aliphatic rings. The van der Waals surface area contributed by atoms with E-state index in [1.165, 1.54) is 38.5 Å². The first-order valence-corrected chi connectivity index (χ1v) is 8.44. The molecule has 0 spiro atoms. The van der Waals surface area contributed by atoms with Gasteiger partial charge in [-0.15, -0.1) is 0 Å². The molecule has 0 heterocycles. The SMILES string of the molecule is COc1ccc(NS(=O)(=O)c2cc(C(=O)O)ccc2OC)c([N+](=O)[O-])c1. The highest BCUT2D eigenvalue weighted by molar-refractivity contribution is 7.92. The number of hydrogen-bond donors (Lipinski definition) is 2. The number of aromatic carboxylic acids is 1.